The van der Waals surface area contributed by atoms with Crippen molar-refractivity contribution >= 4 is 17.6 Å². The number of hydrogen-bond acceptors (Lipinski definition) is 4. The first kappa shape index (κ1) is 10.8. The Morgan fingerprint density at radius 1 is 1.64 bits per heavy atom. The van der Waals surface area contributed by atoms with Gasteiger partial charge in [0.1, 0.15) is 0 Å². The van der Waals surface area contributed by atoms with Crippen LogP contribution in [0.4, 0.5) is 0 Å². The van der Waals surface area contributed by atoms with E-state index in [4.69, 9.17) is 21.1 Å². The first-order valence-electron chi connectivity index (χ1n) is 4.05. The zero-order valence-corrected chi connectivity index (χ0v) is 8.67. The van der Waals surface area contributed by atoms with Gasteiger partial charge in [0.25, 0.3) is 0 Å². The van der Waals surface area contributed by atoms with Gasteiger partial charge in [-0.1, -0.05) is 11.6 Å². The van der Waals surface area contributed by atoms with Crippen LogP contribution in [0, 0.1) is 0 Å². The van der Waals surface area contributed by atoms with E-state index >= 15 is 0 Å². The van der Waals surface area contributed by atoms with Gasteiger partial charge in [0.05, 0.1) is 18.7 Å². The van der Waals surface area contributed by atoms with E-state index in [0.29, 0.717) is 17.4 Å². The summed E-state index contributed by atoms with van der Waals surface area (Å²) in [4.78, 5) is 15.2. The number of carbonyl (C=O) groups excluding carboxylic acids is 1. The number of pyridine rings is 1. The van der Waals surface area contributed by atoms with Crippen LogP contribution in [0.25, 0.3) is 0 Å². The fourth-order valence-electron chi connectivity index (χ4n) is 0.929. The van der Waals surface area contributed by atoms with Crippen LogP contribution in [0.5, 0.6) is 5.75 Å². The monoisotopic (exact) mass is 215 g/mol. The van der Waals surface area contributed by atoms with Crippen LogP contribution in [-0.4, -0.2) is 24.7 Å². The van der Waals surface area contributed by atoms with Crippen molar-refractivity contribution in [3.05, 3.63) is 23.0 Å². The number of hydrogen-bond donors (Lipinski definition) is 0. The molecule has 1 aromatic heterocycles. The fraction of sp³-hybridized carbons (Fsp3) is 0.333. The highest BCUT2D eigenvalue weighted by atomic mass is 35.5. The van der Waals surface area contributed by atoms with Crippen molar-refractivity contribution in [3.8, 4) is 5.75 Å². The van der Waals surface area contributed by atoms with E-state index in [2.05, 4.69) is 4.98 Å². The summed E-state index contributed by atoms with van der Waals surface area (Å²) in [6.45, 7) is 2.02. The summed E-state index contributed by atoms with van der Waals surface area (Å²) in [6.07, 6.45) is 1.37. The second-order valence-electron chi connectivity index (χ2n) is 2.42. The molecule has 76 valence electrons. The molecule has 0 spiro atoms. The van der Waals surface area contributed by atoms with Gasteiger partial charge >= 0.3 is 5.97 Å². The molecule has 0 aliphatic rings. The van der Waals surface area contributed by atoms with Crippen molar-refractivity contribution < 1.29 is 14.3 Å². The van der Waals surface area contributed by atoms with Crippen LogP contribution in [0.2, 0.25) is 5.02 Å². The highest BCUT2D eigenvalue weighted by Gasteiger charge is 2.15. The number of methoxy groups -OCH3 is 1. The van der Waals surface area contributed by atoms with Crippen LogP contribution < -0.4 is 4.74 Å². The summed E-state index contributed by atoms with van der Waals surface area (Å²) >= 11 is 5.68. The summed E-state index contributed by atoms with van der Waals surface area (Å²) < 4.78 is 9.73. The van der Waals surface area contributed by atoms with Crippen LogP contribution >= 0.6 is 11.6 Å². The Morgan fingerprint density at radius 3 is 2.93 bits per heavy atom. The van der Waals surface area contributed by atoms with Crippen molar-refractivity contribution in [2.24, 2.45) is 0 Å². The molecule has 0 aliphatic heterocycles. The number of halogens is 1. The zero-order chi connectivity index (χ0) is 10.6. The van der Waals surface area contributed by atoms with Gasteiger partial charge in [-0.25, -0.2) is 9.78 Å². The molecule has 0 aliphatic carbocycles. The lowest BCUT2D eigenvalue weighted by Crippen LogP contribution is -2.08. The normalized spacial score (nSPS) is 9.64. The number of aromatic nitrogens is 1. The Labute approximate surface area is 86.8 Å². The lowest BCUT2D eigenvalue weighted by molar-refractivity contribution is 0.0515. The zero-order valence-electron chi connectivity index (χ0n) is 7.91. The molecule has 4 nitrogen and oxygen atoms in total. The first-order valence-corrected chi connectivity index (χ1v) is 4.43. The SMILES string of the molecule is CCOC(=O)c1ncc(Cl)cc1OC. The number of nitrogens with zero attached hydrogens (tertiary/aromatic N) is 1. The molecule has 0 bridgehead atoms. The summed E-state index contributed by atoms with van der Waals surface area (Å²) in [7, 11) is 1.44. The average molecular weight is 216 g/mol. The van der Waals surface area contributed by atoms with Gasteiger partial charge in [-0.3, -0.25) is 0 Å². The minimum absolute atomic E-state index is 0.138. The number of ether oxygens (including phenoxy) is 2. The van der Waals surface area contributed by atoms with E-state index in [0.717, 1.165) is 0 Å². The van der Waals surface area contributed by atoms with Gasteiger partial charge < -0.3 is 9.47 Å². The molecule has 0 fully saturated rings. The van der Waals surface area contributed by atoms with E-state index < -0.39 is 5.97 Å². The van der Waals surface area contributed by atoms with Crippen molar-refractivity contribution in [3.63, 3.8) is 0 Å². The van der Waals surface area contributed by atoms with Crippen LogP contribution in [0.3, 0.4) is 0 Å². The van der Waals surface area contributed by atoms with Crippen molar-refractivity contribution in [2.45, 2.75) is 6.92 Å². The predicted octanol–water partition coefficient (Wildman–Crippen LogP) is 1.92. The first-order chi connectivity index (χ1) is 6.69. The lowest BCUT2D eigenvalue weighted by Gasteiger charge is -2.06. The minimum atomic E-state index is -0.513. The maximum absolute atomic E-state index is 11.3. The summed E-state index contributed by atoms with van der Waals surface area (Å²) in [5.41, 5.74) is 0.138. The second kappa shape index (κ2) is 4.81. The fourth-order valence-corrected chi connectivity index (χ4v) is 1.08. The van der Waals surface area contributed by atoms with Gasteiger partial charge in [-0.15, -0.1) is 0 Å². The molecule has 0 saturated carbocycles. The molecule has 0 atom stereocenters. The van der Waals surface area contributed by atoms with Gasteiger partial charge in [-0.2, -0.15) is 0 Å². The molecule has 0 N–H and O–H groups in total. The van der Waals surface area contributed by atoms with Gasteiger partial charge in [0, 0.05) is 12.3 Å². The van der Waals surface area contributed by atoms with E-state index in [1.165, 1.54) is 19.4 Å². The Hall–Kier alpha value is -1.29. The molecular weight excluding hydrogens is 206 g/mol. The maximum atomic E-state index is 11.3. The van der Waals surface area contributed by atoms with E-state index in [9.17, 15) is 4.79 Å². The van der Waals surface area contributed by atoms with Gasteiger partial charge in [-0.05, 0) is 6.92 Å². The van der Waals surface area contributed by atoms with Crippen molar-refractivity contribution in [2.75, 3.05) is 13.7 Å². The third-order valence-electron chi connectivity index (χ3n) is 1.51. The second-order valence-corrected chi connectivity index (χ2v) is 2.86. The molecule has 0 aromatic carbocycles. The predicted molar refractivity (Wildman–Crippen MR) is 51.8 cm³/mol. The third-order valence-corrected chi connectivity index (χ3v) is 1.71. The maximum Gasteiger partial charge on any atom is 0.360 e. The topological polar surface area (TPSA) is 48.4 Å². The Morgan fingerprint density at radius 2 is 2.36 bits per heavy atom. The Kier molecular flexibility index (Phi) is 3.71. The van der Waals surface area contributed by atoms with Gasteiger partial charge in [0.2, 0.25) is 0 Å². The van der Waals surface area contributed by atoms with E-state index in [1.54, 1.807) is 6.92 Å². The number of rotatable bonds is 3. The molecule has 1 aromatic rings. The molecule has 0 unspecified atom stereocenters. The Bertz CT molecular complexity index is 341. The van der Waals surface area contributed by atoms with E-state index in [1.807, 2.05) is 0 Å². The van der Waals surface area contributed by atoms with Crippen molar-refractivity contribution in [1.82, 2.24) is 4.98 Å². The van der Waals surface area contributed by atoms with Gasteiger partial charge in [0.15, 0.2) is 11.4 Å². The van der Waals surface area contributed by atoms with Crippen molar-refractivity contribution in [1.29, 1.82) is 0 Å². The number of carbonyl (C=O) groups is 1. The minimum Gasteiger partial charge on any atom is -0.494 e. The summed E-state index contributed by atoms with van der Waals surface area (Å²) in [5, 5.41) is 0.412. The highest BCUT2D eigenvalue weighted by Crippen LogP contribution is 2.20. The molecule has 5 heteroatoms. The molecule has 14 heavy (non-hydrogen) atoms. The smallest absolute Gasteiger partial charge is 0.360 e. The van der Waals surface area contributed by atoms with Crippen LogP contribution in [0.1, 0.15) is 17.4 Å². The standard InChI is InChI=1S/C9H10ClNO3/c1-3-14-9(12)8-7(13-2)4-6(10)5-11-8/h4-5H,3H2,1-2H3. The molecule has 1 heterocycles. The highest BCUT2D eigenvalue weighted by molar-refractivity contribution is 6.30. The molecular formula is C9H10ClNO3. The molecule has 0 radical (unpaired) electrons. The summed E-state index contributed by atoms with van der Waals surface area (Å²) in [5.74, 6) is -0.197. The Balaban J connectivity index is 3.01. The van der Waals surface area contributed by atoms with E-state index in [-0.39, 0.29) is 5.69 Å². The quantitative estimate of drug-likeness (QED) is 0.723. The largest absolute Gasteiger partial charge is 0.494 e. The molecule has 1 rings (SSSR count). The van der Waals surface area contributed by atoms with Crippen LogP contribution in [0.15, 0.2) is 12.3 Å². The molecule has 0 amide bonds. The van der Waals surface area contributed by atoms with Crippen LogP contribution in [-0.2, 0) is 4.74 Å². The lowest BCUT2D eigenvalue weighted by atomic mass is 10.3. The molecule has 0 saturated heterocycles. The number of esters is 1. The summed E-state index contributed by atoms with van der Waals surface area (Å²) in [6, 6.07) is 1.51. The average Bonchev–Trinajstić information content (AvgIpc) is 2.17. The third kappa shape index (κ3) is 2.35.